The van der Waals surface area contributed by atoms with Crippen LogP contribution >= 0.6 is 0 Å². The van der Waals surface area contributed by atoms with Gasteiger partial charge in [0.05, 0.1) is 36.1 Å². The van der Waals surface area contributed by atoms with Crippen molar-refractivity contribution in [3.8, 4) is 35.6 Å². The molecule has 0 atom stereocenters. The van der Waals surface area contributed by atoms with Crippen LogP contribution in [0.15, 0.2) is 42.6 Å². The Kier molecular flexibility index (Phi) is 7.21. The maximum Gasteiger partial charge on any atom is 0.384 e. The van der Waals surface area contributed by atoms with Gasteiger partial charge in [0.25, 0.3) is 0 Å². The number of anilines is 2. The summed E-state index contributed by atoms with van der Waals surface area (Å²) in [6.07, 6.45) is 1.44. The molecule has 0 aliphatic carbocycles. The molecule has 33 heavy (non-hydrogen) atoms. The summed E-state index contributed by atoms with van der Waals surface area (Å²) < 4.78 is 10.9. The van der Waals surface area contributed by atoms with Gasteiger partial charge in [0, 0.05) is 11.6 Å². The lowest BCUT2D eigenvalue weighted by Gasteiger charge is -2.14. The van der Waals surface area contributed by atoms with Crippen LogP contribution in [0.25, 0.3) is 0 Å². The number of carbonyl (C=O) groups is 1. The van der Waals surface area contributed by atoms with Gasteiger partial charge in [0.2, 0.25) is 11.8 Å². The average molecular weight is 437 g/mol. The van der Waals surface area contributed by atoms with Gasteiger partial charge < -0.3 is 14.8 Å². The quantitative estimate of drug-likeness (QED) is 0.464. The van der Waals surface area contributed by atoms with Crippen molar-refractivity contribution in [2.75, 3.05) is 11.9 Å². The summed E-state index contributed by atoms with van der Waals surface area (Å²) in [4.78, 5) is 20.4. The zero-order chi connectivity index (χ0) is 23.8. The fourth-order valence-electron chi connectivity index (χ4n) is 2.91. The maximum absolute atomic E-state index is 11.7. The highest BCUT2D eigenvalue weighted by molar-refractivity contribution is 5.89. The molecule has 3 rings (SSSR count). The third kappa shape index (κ3) is 5.85. The van der Waals surface area contributed by atoms with E-state index in [0.29, 0.717) is 22.6 Å². The molecule has 162 valence electrons. The highest BCUT2D eigenvalue weighted by Gasteiger charge is 2.14. The number of rotatable bonds is 5. The number of esters is 1. The monoisotopic (exact) mass is 437 g/mol. The first-order valence-electron chi connectivity index (χ1n) is 9.95. The molecular weight excluding hydrogens is 418 g/mol. The minimum atomic E-state index is -0.672. The molecule has 0 aliphatic rings. The fraction of sp³-hybridized carbons (Fsp3) is 0.160. The molecule has 0 fully saturated rings. The van der Waals surface area contributed by atoms with Crippen LogP contribution in [-0.2, 0) is 9.53 Å². The first-order valence-corrected chi connectivity index (χ1v) is 9.95. The van der Waals surface area contributed by atoms with Crippen LogP contribution < -0.4 is 10.1 Å². The van der Waals surface area contributed by atoms with Gasteiger partial charge in [-0.05, 0) is 74.2 Å². The largest absolute Gasteiger partial charge is 0.456 e. The van der Waals surface area contributed by atoms with E-state index in [1.807, 2.05) is 13.8 Å². The summed E-state index contributed by atoms with van der Waals surface area (Å²) in [5, 5.41) is 21.2. The molecule has 1 aromatic heterocycles. The zero-order valence-corrected chi connectivity index (χ0v) is 18.3. The number of nitriles is 2. The van der Waals surface area contributed by atoms with Crippen LogP contribution in [0.5, 0.6) is 11.6 Å². The highest BCUT2D eigenvalue weighted by Crippen LogP contribution is 2.31. The Balaban J connectivity index is 2.00. The Bertz CT molecular complexity index is 1320. The predicted octanol–water partition coefficient (Wildman–Crippen LogP) is 4.29. The summed E-state index contributed by atoms with van der Waals surface area (Å²) in [5.41, 5.74) is 3.51. The van der Waals surface area contributed by atoms with Crippen molar-refractivity contribution in [1.29, 1.82) is 10.5 Å². The van der Waals surface area contributed by atoms with Crippen LogP contribution in [0.3, 0.4) is 0 Å². The molecule has 0 bridgehead atoms. The van der Waals surface area contributed by atoms with E-state index in [9.17, 15) is 10.1 Å². The fourth-order valence-corrected chi connectivity index (χ4v) is 2.91. The Morgan fingerprint density at radius 1 is 1.06 bits per heavy atom. The molecule has 0 saturated heterocycles. The minimum Gasteiger partial charge on any atom is -0.456 e. The van der Waals surface area contributed by atoms with Gasteiger partial charge in [0.15, 0.2) is 0 Å². The SMILES string of the molecule is CCOC(=O)C#Cc1cnc(Nc2ccc(C#N)cc2)nc1Oc1c(C)cc(C#N)cc1C. The number of aromatic nitrogens is 2. The summed E-state index contributed by atoms with van der Waals surface area (Å²) in [6, 6.07) is 14.4. The van der Waals surface area contributed by atoms with Crippen molar-refractivity contribution >= 4 is 17.6 Å². The number of benzene rings is 2. The molecule has 1 N–H and O–H groups in total. The van der Waals surface area contributed by atoms with Crippen LogP contribution in [0.1, 0.15) is 34.7 Å². The molecule has 1 heterocycles. The topological polar surface area (TPSA) is 121 Å². The third-order valence-electron chi connectivity index (χ3n) is 4.39. The van der Waals surface area contributed by atoms with Gasteiger partial charge in [-0.1, -0.05) is 0 Å². The van der Waals surface area contributed by atoms with E-state index in [2.05, 4.69) is 39.3 Å². The smallest absolute Gasteiger partial charge is 0.384 e. The van der Waals surface area contributed by atoms with Gasteiger partial charge in [-0.3, -0.25) is 0 Å². The second kappa shape index (κ2) is 10.4. The molecule has 0 radical (unpaired) electrons. The summed E-state index contributed by atoms with van der Waals surface area (Å²) >= 11 is 0. The Hall–Kier alpha value is -4.87. The lowest BCUT2D eigenvalue weighted by Crippen LogP contribution is -2.03. The molecular formula is C25H19N5O3. The molecule has 0 aliphatic heterocycles. The molecule has 0 amide bonds. The van der Waals surface area contributed by atoms with E-state index in [0.717, 1.165) is 11.1 Å². The molecule has 2 aromatic carbocycles. The molecule has 0 spiro atoms. The van der Waals surface area contributed by atoms with Gasteiger partial charge in [-0.15, -0.1) is 0 Å². The molecule has 0 unspecified atom stereocenters. The highest BCUT2D eigenvalue weighted by atomic mass is 16.5. The summed E-state index contributed by atoms with van der Waals surface area (Å²) in [5.74, 6) is 5.31. The van der Waals surface area contributed by atoms with E-state index in [1.54, 1.807) is 43.3 Å². The Morgan fingerprint density at radius 2 is 1.73 bits per heavy atom. The van der Waals surface area contributed by atoms with Gasteiger partial charge in [-0.2, -0.15) is 15.5 Å². The summed E-state index contributed by atoms with van der Waals surface area (Å²) in [6.45, 7) is 5.55. The zero-order valence-electron chi connectivity index (χ0n) is 18.3. The van der Waals surface area contributed by atoms with Gasteiger partial charge in [0.1, 0.15) is 11.3 Å². The van der Waals surface area contributed by atoms with E-state index < -0.39 is 5.97 Å². The lowest BCUT2D eigenvalue weighted by molar-refractivity contribution is -0.136. The van der Waals surface area contributed by atoms with Crippen LogP contribution in [0, 0.1) is 48.4 Å². The number of aryl methyl sites for hydroxylation is 2. The van der Waals surface area contributed by atoms with Crippen molar-refractivity contribution in [2.24, 2.45) is 0 Å². The number of hydrogen-bond acceptors (Lipinski definition) is 8. The average Bonchev–Trinajstić information content (AvgIpc) is 2.81. The number of hydrogen-bond donors (Lipinski definition) is 1. The second-order valence-corrected chi connectivity index (χ2v) is 6.85. The number of nitrogens with zero attached hydrogens (tertiary/aromatic N) is 4. The predicted molar refractivity (Wildman–Crippen MR) is 121 cm³/mol. The van der Waals surface area contributed by atoms with E-state index in [4.69, 9.17) is 14.7 Å². The van der Waals surface area contributed by atoms with Crippen molar-refractivity contribution < 1.29 is 14.3 Å². The summed E-state index contributed by atoms with van der Waals surface area (Å²) in [7, 11) is 0. The van der Waals surface area contributed by atoms with Crippen molar-refractivity contribution in [2.45, 2.75) is 20.8 Å². The van der Waals surface area contributed by atoms with Gasteiger partial charge in [-0.25, -0.2) is 9.78 Å². The van der Waals surface area contributed by atoms with E-state index in [1.165, 1.54) is 6.20 Å². The van der Waals surface area contributed by atoms with Crippen LogP contribution in [0.4, 0.5) is 11.6 Å². The first kappa shape index (κ1) is 22.8. The Morgan fingerprint density at radius 3 is 2.33 bits per heavy atom. The standard InChI is InChI=1S/C25H19N5O3/c1-4-32-22(31)10-7-20-15-28-25(29-21-8-5-18(13-26)6-9-21)30-24(20)33-23-16(2)11-19(14-27)12-17(23)3/h5-6,8-9,11-12,15H,4H2,1-3H3,(H,28,29,30). The minimum absolute atomic E-state index is 0.133. The molecule has 3 aromatic rings. The second-order valence-electron chi connectivity index (χ2n) is 6.85. The normalized spacial score (nSPS) is 9.61. The lowest BCUT2D eigenvalue weighted by atomic mass is 10.1. The van der Waals surface area contributed by atoms with Crippen molar-refractivity contribution in [1.82, 2.24) is 9.97 Å². The maximum atomic E-state index is 11.7. The van der Waals surface area contributed by atoms with Gasteiger partial charge >= 0.3 is 5.97 Å². The van der Waals surface area contributed by atoms with Crippen molar-refractivity contribution in [3.05, 3.63) is 70.4 Å². The van der Waals surface area contributed by atoms with Crippen molar-refractivity contribution in [3.63, 3.8) is 0 Å². The van der Waals surface area contributed by atoms with Crippen LogP contribution in [0.2, 0.25) is 0 Å². The number of carbonyl (C=O) groups excluding carboxylic acids is 1. The Labute approximate surface area is 191 Å². The molecule has 0 saturated carbocycles. The van der Waals surface area contributed by atoms with E-state index in [-0.39, 0.29) is 24.0 Å². The van der Waals surface area contributed by atoms with Crippen LogP contribution in [-0.4, -0.2) is 22.5 Å². The molecule has 8 heteroatoms. The number of nitrogens with one attached hydrogen (secondary N) is 1. The third-order valence-corrected chi connectivity index (χ3v) is 4.39. The first-order chi connectivity index (χ1) is 15.9. The number of ether oxygens (including phenoxy) is 2. The molecule has 8 nitrogen and oxygen atoms in total. The van der Waals surface area contributed by atoms with E-state index >= 15 is 0 Å².